The van der Waals surface area contributed by atoms with Gasteiger partial charge in [0.2, 0.25) is 0 Å². The molecule has 4 rings (SSSR count). The molecule has 0 radical (unpaired) electrons. The van der Waals surface area contributed by atoms with Crippen LogP contribution in [-0.4, -0.2) is 20.1 Å². The number of hydrogen-bond acceptors (Lipinski definition) is 4. The summed E-state index contributed by atoms with van der Waals surface area (Å²) in [6, 6.07) is 22.7. The third kappa shape index (κ3) is 4.24. The van der Waals surface area contributed by atoms with E-state index in [1.54, 1.807) is 6.08 Å². The van der Waals surface area contributed by atoms with Crippen LogP contribution in [0.5, 0.6) is 0 Å². The summed E-state index contributed by atoms with van der Waals surface area (Å²) in [4.78, 5) is 11.3. The molecule has 4 nitrogen and oxygen atoms in total. The number of ether oxygens (including phenoxy) is 1. The normalized spacial score (nSPS) is 13.6. The molecule has 0 atom stereocenters. The Balaban J connectivity index is 1.65. The van der Waals surface area contributed by atoms with E-state index in [2.05, 4.69) is 69.7 Å². The van der Waals surface area contributed by atoms with Gasteiger partial charge in [0.25, 0.3) is 0 Å². The van der Waals surface area contributed by atoms with Gasteiger partial charge >= 0.3 is 13.0 Å². The molecule has 0 fully saturated rings. The largest absolute Gasteiger partial charge is 0.466 e. The molecule has 3 aromatic carbocycles. The second kappa shape index (κ2) is 8.53. The molecule has 0 saturated heterocycles. The van der Waals surface area contributed by atoms with Gasteiger partial charge in [-0.2, -0.15) is 0 Å². The van der Waals surface area contributed by atoms with Gasteiger partial charge in [0.15, 0.2) is 0 Å². The van der Waals surface area contributed by atoms with Crippen LogP contribution in [0.1, 0.15) is 5.56 Å². The fourth-order valence-electron chi connectivity index (χ4n) is 3.46. The van der Waals surface area contributed by atoms with Gasteiger partial charge < -0.3 is 15.2 Å². The lowest BCUT2D eigenvalue weighted by molar-refractivity contribution is -0.134. The third-order valence-electron chi connectivity index (χ3n) is 4.80. The molecule has 0 unspecified atom stereocenters. The summed E-state index contributed by atoms with van der Waals surface area (Å²) in [5, 5.41) is 9.54. The molecule has 2 N–H and O–H groups in total. The van der Waals surface area contributed by atoms with Crippen molar-refractivity contribution in [1.82, 2.24) is 0 Å². The van der Waals surface area contributed by atoms with Crippen molar-refractivity contribution in [3.8, 4) is 0 Å². The van der Waals surface area contributed by atoms with Crippen molar-refractivity contribution in [1.29, 1.82) is 0 Å². The number of methoxy groups -OCH3 is 1. The van der Waals surface area contributed by atoms with E-state index in [4.69, 9.17) is 0 Å². The Kier molecular flexibility index (Phi) is 5.48. The first-order valence-electron chi connectivity index (χ1n) is 9.49. The minimum absolute atomic E-state index is 0.0695. The van der Waals surface area contributed by atoms with E-state index >= 15 is 0 Å². The van der Waals surface area contributed by atoms with E-state index in [1.165, 1.54) is 24.0 Å². The van der Waals surface area contributed by atoms with Crippen molar-refractivity contribution in [3.05, 3.63) is 103 Å². The highest BCUT2D eigenvalue weighted by Gasteiger charge is 2.22. The average Bonchev–Trinajstić information content (AvgIpc) is 2.76. The highest BCUT2D eigenvalue weighted by Crippen LogP contribution is 2.34. The van der Waals surface area contributed by atoms with Gasteiger partial charge in [-0.1, -0.05) is 78.8 Å². The molecule has 1 aliphatic rings. The SMILES string of the molecule is COC(=O)/C=C/C=C/C(=C/B1Nc2cccc3cccc(c23)N1)c1ccccc1. The second-order valence-corrected chi connectivity index (χ2v) is 6.71. The number of carbonyl (C=O) groups is 1. The van der Waals surface area contributed by atoms with E-state index in [1.807, 2.05) is 30.4 Å². The van der Waals surface area contributed by atoms with Crippen LogP contribution in [0.4, 0.5) is 11.4 Å². The number of benzene rings is 3. The Morgan fingerprint density at radius 3 is 2.17 bits per heavy atom. The maximum atomic E-state index is 11.3. The topological polar surface area (TPSA) is 50.4 Å². The third-order valence-corrected chi connectivity index (χ3v) is 4.80. The molecule has 0 bridgehead atoms. The Labute approximate surface area is 170 Å². The van der Waals surface area contributed by atoms with Crippen molar-refractivity contribution < 1.29 is 9.53 Å². The molecule has 0 saturated carbocycles. The lowest BCUT2D eigenvalue weighted by Crippen LogP contribution is -2.35. The summed E-state index contributed by atoms with van der Waals surface area (Å²) < 4.78 is 4.63. The fraction of sp³-hybridized carbons (Fsp3) is 0.0417. The number of nitrogens with one attached hydrogen (secondary N) is 2. The van der Waals surface area contributed by atoms with Crippen LogP contribution in [0.3, 0.4) is 0 Å². The minimum Gasteiger partial charge on any atom is -0.466 e. The second-order valence-electron chi connectivity index (χ2n) is 6.71. The molecule has 29 heavy (non-hydrogen) atoms. The first kappa shape index (κ1) is 18.6. The van der Waals surface area contributed by atoms with Crippen molar-refractivity contribution in [2.45, 2.75) is 0 Å². The smallest absolute Gasteiger partial charge is 0.399 e. The Hall–Kier alpha value is -3.73. The summed E-state index contributed by atoms with van der Waals surface area (Å²) in [7, 11) is 1.37. The Bertz CT molecular complexity index is 1080. The van der Waals surface area contributed by atoms with Crippen molar-refractivity contribution in [3.63, 3.8) is 0 Å². The van der Waals surface area contributed by atoms with Crippen molar-refractivity contribution in [2.75, 3.05) is 17.6 Å². The summed E-state index contributed by atoms with van der Waals surface area (Å²) in [6.07, 6.45) is 6.90. The lowest BCUT2D eigenvalue weighted by Gasteiger charge is -2.25. The standard InChI is InChI=1S/C24H21BN2O2/c1-29-23(28)16-6-5-11-20(18-9-3-2-4-10-18)17-25-26-21-14-7-12-19-13-8-15-22(27-25)24(19)21/h2-17,26-27H,1H3/b11-5+,16-6+,20-17-. The van der Waals surface area contributed by atoms with E-state index < -0.39 is 0 Å². The molecule has 0 aliphatic carbocycles. The zero-order valence-electron chi connectivity index (χ0n) is 16.1. The van der Waals surface area contributed by atoms with Crippen molar-refractivity contribution in [2.24, 2.45) is 0 Å². The summed E-state index contributed by atoms with van der Waals surface area (Å²) in [6.45, 7) is -0.0695. The predicted octanol–water partition coefficient (Wildman–Crippen LogP) is 5.07. The zero-order valence-corrected chi connectivity index (χ0v) is 16.1. The van der Waals surface area contributed by atoms with Crippen LogP contribution in [0, 0.1) is 0 Å². The van der Waals surface area contributed by atoms with Gasteiger partial charge in [-0.25, -0.2) is 4.79 Å². The van der Waals surface area contributed by atoms with Crippen LogP contribution in [-0.2, 0) is 9.53 Å². The zero-order chi connectivity index (χ0) is 20.1. The monoisotopic (exact) mass is 380 g/mol. The van der Waals surface area contributed by atoms with Crippen LogP contribution < -0.4 is 10.5 Å². The quantitative estimate of drug-likeness (QED) is 0.281. The first-order chi connectivity index (χ1) is 14.2. The number of allylic oxidation sites excluding steroid dienone is 4. The van der Waals surface area contributed by atoms with Crippen LogP contribution in [0.15, 0.2) is 97.0 Å². The van der Waals surface area contributed by atoms with Crippen molar-refractivity contribution >= 4 is 40.7 Å². The molecule has 1 heterocycles. The number of hydrogen-bond donors (Lipinski definition) is 2. The van der Waals surface area contributed by atoms with Gasteiger partial charge in [-0.05, 0) is 28.7 Å². The number of rotatable bonds is 5. The summed E-state index contributed by atoms with van der Waals surface area (Å²) >= 11 is 0. The molecular weight excluding hydrogens is 359 g/mol. The number of esters is 1. The molecule has 142 valence electrons. The van der Waals surface area contributed by atoms with Crippen LogP contribution in [0.25, 0.3) is 16.3 Å². The lowest BCUT2D eigenvalue weighted by atomic mass is 9.71. The first-order valence-corrected chi connectivity index (χ1v) is 9.49. The molecule has 0 aromatic heterocycles. The fourth-order valence-corrected chi connectivity index (χ4v) is 3.46. The predicted molar refractivity (Wildman–Crippen MR) is 122 cm³/mol. The molecule has 3 aromatic rings. The van der Waals surface area contributed by atoms with Gasteiger partial charge in [-0.15, -0.1) is 0 Å². The van der Waals surface area contributed by atoms with E-state index in [-0.39, 0.29) is 13.0 Å². The van der Waals surface area contributed by atoms with E-state index in [0.717, 1.165) is 22.5 Å². The molecule has 0 spiro atoms. The van der Waals surface area contributed by atoms with Gasteiger partial charge in [-0.3, -0.25) is 0 Å². The Morgan fingerprint density at radius 2 is 1.52 bits per heavy atom. The molecular formula is C24H21BN2O2. The minimum atomic E-state index is -0.375. The van der Waals surface area contributed by atoms with Crippen LogP contribution in [0.2, 0.25) is 0 Å². The number of anilines is 2. The van der Waals surface area contributed by atoms with E-state index in [9.17, 15) is 4.79 Å². The molecule has 1 aliphatic heterocycles. The van der Waals surface area contributed by atoms with Crippen LogP contribution >= 0.6 is 0 Å². The molecule has 0 amide bonds. The summed E-state index contributed by atoms with van der Waals surface area (Å²) in [5.41, 5.74) is 4.35. The highest BCUT2D eigenvalue weighted by atomic mass is 16.5. The average molecular weight is 380 g/mol. The molecule has 5 heteroatoms. The van der Waals surface area contributed by atoms with Gasteiger partial charge in [0.1, 0.15) is 0 Å². The Morgan fingerprint density at radius 1 is 0.862 bits per heavy atom. The van der Waals surface area contributed by atoms with Gasteiger partial charge in [0.05, 0.1) is 7.11 Å². The maximum absolute atomic E-state index is 11.3. The van der Waals surface area contributed by atoms with E-state index in [0.29, 0.717) is 0 Å². The highest BCUT2D eigenvalue weighted by molar-refractivity contribution is 6.73. The maximum Gasteiger partial charge on any atom is 0.399 e. The summed E-state index contributed by atoms with van der Waals surface area (Å²) in [5.74, 6) is 1.77. The van der Waals surface area contributed by atoms with Gasteiger partial charge in [0, 0.05) is 22.8 Å². The number of carbonyl (C=O) groups excluding carboxylic acids is 1.